The monoisotopic (exact) mass is 287 g/mol. The van der Waals surface area contributed by atoms with E-state index in [0.717, 1.165) is 32.2 Å². The van der Waals surface area contributed by atoms with Crippen LogP contribution in [0.25, 0.3) is 0 Å². The number of aliphatic hydroxyl groups excluding tert-OH is 1. The van der Waals surface area contributed by atoms with Gasteiger partial charge in [-0.2, -0.15) is 0 Å². The first-order chi connectivity index (χ1) is 10.1. The molecule has 0 radical (unpaired) electrons. The summed E-state index contributed by atoms with van der Waals surface area (Å²) >= 11 is 0. The Morgan fingerprint density at radius 1 is 1.33 bits per heavy atom. The first kappa shape index (κ1) is 12.3. The lowest BCUT2D eigenvalue weighted by molar-refractivity contribution is -0.0993. The summed E-state index contributed by atoms with van der Waals surface area (Å²) in [5, 5.41) is 20.8. The molecule has 1 aromatic rings. The highest BCUT2D eigenvalue weighted by atomic mass is 16.5. The molecule has 21 heavy (non-hydrogen) atoms. The molecule has 2 N–H and O–H groups in total. The second-order valence-corrected chi connectivity index (χ2v) is 7.28. The van der Waals surface area contributed by atoms with Gasteiger partial charge in [-0.1, -0.05) is 6.07 Å². The maximum absolute atomic E-state index is 10.5. The molecule has 2 heterocycles. The number of likely N-dealkylation sites (N-methyl/N-ethyl adjacent to an activating group) is 1. The Bertz CT molecular complexity index is 631. The van der Waals surface area contributed by atoms with E-state index in [-0.39, 0.29) is 17.3 Å². The topological polar surface area (TPSA) is 52.9 Å². The molecule has 2 fully saturated rings. The molecule has 0 aromatic heterocycles. The molecule has 1 spiro atoms. The number of hydrogen-bond acceptors (Lipinski definition) is 4. The van der Waals surface area contributed by atoms with Crippen LogP contribution in [0.3, 0.4) is 0 Å². The van der Waals surface area contributed by atoms with Gasteiger partial charge in [0.25, 0.3) is 0 Å². The molecule has 0 amide bonds. The molecule has 5 atom stereocenters. The average molecular weight is 287 g/mol. The van der Waals surface area contributed by atoms with Gasteiger partial charge in [0.1, 0.15) is 6.10 Å². The second-order valence-electron chi connectivity index (χ2n) is 7.28. The van der Waals surface area contributed by atoms with Crippen LogP contribution in [0.2, 0.25) is 0 Å². The van der Waals surface area contributed by atoms with Crippen molar-refractivity contribution in [2.75, 3.05) is 13.6 Å². The number of aliphatic hydroxyl groups is 1. The number of phenols is 1. The molecule has 2 bridgehead atoms. The smallest absolute Gasteiger partial charge is 0.165 e. The third-order valence-electron chi connectivity index (χ3n) is 6.56. The number of nitrogens with zero attached hydrogens (tertiary/aromatic N) is 1. The summed E-state index contributed by atoms with van der Waals surface area (Å²) in [5.74, 6) is 1.44. The molecule has 112 valence electrons. The fourth-order valence-electron chi connectivity index (χ4n) is 5.71. The van der Waals surface area contributed by atoms with E-state index in [2.05, 4.69) is 18.0 Å². The van der Waals surface area contributed by atoms with Crippen molar-refractivity contribution in [3.8, 4) is 11.5 Å². The van der Waals surface area contributed by atoms with Crippen molar-refractivity contribution in [3.05, 3.63) is 23.3 Å². The quantitative estimate of drug-likeness (QED) is 0.758. The first-order valence-corrected chi connectivity index (χ1v) is 8.03. The SMILES string of the molecule is CN1CC[C@@]23c4c5ccc(O)c4O[C@@H]2[C@@H](O)CC[C@@H]3[C@@H]1C5. The number of hydrogen-bond donors (Lipinski definition) is 2. The van der Waals surface area contributed by atoms with Gasteiger partial charge in [-0.3, -0.25) is 0 Å². The molecule has 4 aliphatic rings. The number of benzene rings is 1. The van der Waals surface area contributed by atoms with Gasteiger partial charge in [0, 0.05) is 17.0 Å². The zero-order chi connectivity index (χ0) is 14.4. The van der Waals surface area contributed by atoms with Crippen LogP contribution in [0.15, 0.2) is 12.1 Å². The normalized spacial score (nSPS) is 43.3. The van der Waals surface area contributed by atoms with E-state index < -0.39 is 6.10 Å². The standard InChI is InChI=1S/C17H21NO3/c1-18-7-6-17-10-3-5-13(20)16(17)21-15-12(19)4-2-9(14(15)17)8-11(10)18/h2,4,10-11,13,16,19-20H,3,5-8H2,1H3/t10-,11+,13+,16-,17-/m1/s1. The van der Waals surface area contributed by atoms with Crippen molar-refractivity contribution in [2.45, 2.75) is 49.3 Å². The van der Waals surface area contributed by atoms with Gasteiger partial charge in [0.15, 0.2) is 11.5 Å². The van der Waals surface area contributed by atoms with Gasteiger partial charge < -0.3 is 19.8 Å². The van der Waals surface area contributed by atoms with Crippen LogP contribution in [0.4, 0.5) is 0 Å². The lowest BCUT2D eigenvalue weighted by Gasteiger charge is -2.58. The molecule has 1 saturated carbocycles. The molecule has 1 saturated heterocycles. The van der Waals surface area contributed by atoms with Gasteiger partial charge in [-0.05, 0) is 56.8 Å². The van der Waals surface area contributed by atoms with Crippen molar-refractivity contribution >= 4 is 0 Å². The summed E-state index contributed by atoms with van der Waals surface area (Å²) in [5.41, 5.74) is 2.46. The maximum Gasteiger partial charge on any atom is 0.165 e. The zero-order valence-electron chi connectivity index (χ0n) is 12.2. The minimum atomic E-state index is -0.414. The Hall–Kier alpha value is -1.26. The van der Waals surface area contributed by atoms with Crippen LogP contribution < -0.4 is 4.74 Å². The van der Waals surface area contributed by atoms with Crippen molar-refractivity contribution in [3.63, 3.8) is 0 Å². The summed E-state index contributed by atoms with van der Waals surface area (Å²) < 4.78 is 6.14. The van der Waals surface area contributed by atoms with Gasteiger partial charge in [0.05, 0.1) is 6.10 Å². The molecular formula is C17H21NO3. The van der Waals surface area contributed by atoms with E-state index in [1.54, 1.807) is 6.07 Å². The predicted molar refractivity (Wildman–Crippen MR) is 77.7 cm³/mol. The Morgan fingerprint density at radius 2 is 2.19 bits per heavy atom. The second kappa shape index (κ2) is 3.73. The van der Waals surface area contributed by atoms with Crippen molar-refractivity contribution < 1.29 is 14.9 Å². The lowest BCUT2D eigenvalue weighted by Crippen LogP contribution is -2.66. The lowest BCUT2D eigenvalue weighted by atomic mass is 9.51. The third kappa shape index (κ3) is 1.25. The zero-order valence-corrected chi connectivity index (χ0v) is 12.2. The summed E-state index contributed by atoms with van der Waals surface area (Å²) in [6.45, 7) is 1.04. The minimum Gasteiger partial charge on any atom is -0.504 e. The number of likely N-dealkylation sites (tertiary alicyclic amines) is 1. The molecule has 0 unspecified atom stereocenters. The highest BCUT2D eigenvalue weighted by Gasteiger charge is 2.65. The van der Waals surface area contributed by atoms with Gasteiger partial charge in [-0.25, -0.2) is 0 Å². The Balaban J connectivity index is 1.81. The molecule has 1 aromatic carbocycles. The van der Waals surface area contributed by atoms with E-state index in [9.17, 15) is 10.2 Å². The number of aromatic hydroxyl groups is 1. The van der Waals surface area contributed by atoms with Gasteiger partial charge >= 0.3 is 0 Å². The molecule has 2 aliphatic heterocycles. The van der Waals surface area contributed by atoms with E-state index in [1.807, 2.05) is 0 Å². The molecule has 2 aliphatic carbocycles. The average Bonchev–Trinajstić information content (AvgIpc) is 2.83. The van der Waals surface area contributed by atoms with E-state index in [0.29, 0.717) is 17.7 Å². The Labute approximate surface area is 124 Å². The van der Waals surface area contributed by atoms with Crippen LogP contribution in [0.5, 0.6) is 11.5 Å². The first-order valence-electron chi connectivity index (χ1n) is 8.03. The van der Waals surface area contributed by atoms with Crippen LogP contribution in [0.1, 0.15) is 30.4 Å². The number of piperidine rings is 1. The van der Waals surface area contributed by atoms with Crippen LogP contribution in [0, 0.1) is 5.92 Å². The Kier molecular flexibility index (Phi) is 2.19. The fraction of sp³-hybridized carbons (Fsp3) is 0.647. The summed E-state index contributed by atoms with van der Waals surface area (Å²) in [4.78, 5) is 2.48. The van der Waals surface area contributed by atoms with Crippen molar-refractivity contribution in [1.82, 2.24) is 4.90 Å². The maximum atomic E-state index is 10.5. The highest BCUT2D eigenvalue weighted by molar-refractivity contribution is 5.60. The van der Waals surface area contributed by atoms with Crippen LogP contribution >= 0.6 is 0 Å². The molecule has 4 nitrogen and oxygen atoms in total. The summed E-state index contributed by atoms with van der Waals surface area (Å²) in [6, 6.07) is 4.36. The van der Waals surface area contributed by atoms with Gasteiger partial charge in [-0.15, -0.1) is 0 Å². The van der Waals surface area contributed by atoms with Gasteiger partial charge in [0.2, 0.25) is 0 Å². The van der Waals surface area contributed by atoms with E-state index in [4.69, 9.17) is 4.74 Å². The largest absolute Gasteiger partial charge is 0.504 e. The van der Waals surface area contributed by atoms with E-state index >= 15 is 0 Å². The fourth-order valence-corrected chi connectivity index (χ4v) is 5.71. The molecule has 4 heteroatoms. The predicted octanol–water partition coefficient (Wildman–Crippen LogP) is 1.42. The van der Waals surface area contributed by atoms with Crippen LogP contribution in [-0.4, -0.2) is 47.0 Å². The van der Waals surface area contributed by atoms with Crippen molar-refractivity contribution in [2.24, 2.45) is 5.92 Å². The number of ether oxygens (including phenoxy) is 1. The summed E-state index contributed by atoms with van der Waals surface area (Å²) in [7, 11) is 2.22. The minimum absolute atomic E-state index is 0.0729. The Morgan fingerprint density at radius 3 is 3.05 bits per heavy atom. The molecule has 5 rings (SSSR count). The number of rotatable bonds is 0. The third-order valence-corrected chi connectivity index (χ3v) is 6.56. The van der Waals surface area contributed by atoms with Crippen molar-refractivity contribution in [1.29, 1.82) is 0 Å². The van der Waals surface area contributed by atoms with E-state index in [1.165, 1.54) is 11.1 Å². The van der Waals surface area contributed by atoms with Crippen LogP contribution in [-0.2, 0) is 11.8 Å². The number of phenolic OH excluding ortho intramolecular Hbond substituents is 1. The molecular weight excluding hydrogens is 266 g/mol. The summed E-state index contributed by atoms with van der Waals surface area (Å²) in [6.07, 6.45) is 3.35. The highest BCUT2D eigenvalue weighted by Crippen LogP contribution is 2.63.